The molecule has 0 heterocycles. The van der Waals surface area contributed by atoms with Crippen LogP contribution in [0.1, 0.15) is 38.3 Å². The SMILES string of the molecule is CCC(O)COc1ccc(C(C)(C)c2ccc(OCC(O)C(F)(F)F)cc2)cc1. The van der Waals surface area contributed by atoms with E-state index in [0.29, 0.717) is 12.2 Å². The van der Waals surface area contributed by atoms with Crippen molar-refractivity contribution in [3.05, 3.63) is 59.7 Å². The fourth-order valence-electron chi connectivity index (χ4n) is 2.68. The van der Waals surface area contributed by atoms with Gasteiger partial charge in [-0.1, -0.05) is 45.0 Å². The largest absolute Gasteiger partial charge is 0.491 e. The van der Waals surface area contributed by atoms with Crippen molar-refractivity contribution in [2.75, 3.05) is 13.2 Å². The van der Waals surface area contributed by atoms with E-state index in [-0.39, 0.29) is 17.8 Å². The van der Waals surface area contributed by atoms with Crippen molar-refractivity contribution < 1.29 is 32.9 Å². The lowest BCUT2D eigenvalue weighted by Gasteiger charge is -2.26. The normalized spacial score (nSPS) is 14.3. The number of aliphatic hydroxyl groups is 2. The number of rotatable bonds is 9. The monoisotopic (exact) mass is 412 g/mol. The van der Waals surface area contributed by atoms with E-state index in [1.165, 1.54) is 0 Å². The van der Waals surface area contributed by atoms with Gasteiger partial charge < -0.3 is 19.7 Å². The quantitative estimate of drug-likeness (QED) is 0.638. The molecule has 0 aromatic heterocycles. The van der Waals surface area contributed by atoms with Gasteiger partial charge in [0.2, 0.25) is 0 Å². The molecule has 2 N–H and O–H groups in total. The van der Waals surface area contributed by atoms with Crippen LogP contribution in [0, 0.1) is 0 Å². The summed E-state index contributed by atoms with van der Waals surface area (Å²) in [6.45, 7) is 5.35. The van der Waals surface area contributed by atoms with Gasteiger partial charge in [0.1, 0.15) is 24.7 Å². The Bertz CT molecular complexity index is 755. The van der Waals surface area contributed by atoms with Crippen molar-refractivity contribution in [3.63, 3.8) is 0 Å². The predicted octanol–water partition coefficient (Wildman–Crippen LogP) is 4.46. The molecule has 2 atom stereocenters. The van der Waals surface area contributed by atoms with E-state index < -0.39 is 25.0 Å². The van der Waals surface area contributed by atoms with Crippen molar-refractivity contribution in [2.45, 2.75) is 51.0 Å². The minimum Gasteiger partial charge on any atom is -0.491 e. The Morgan fingerprint density at radius 1 is 0.793 bits per heavy atom. The third-order valence-corrected chi connectivity index (χ3v) is 4.85. The second-order valence-corrected chi connectivity index (χ2v) is 7.42. The standard InChI is InChI=1S/C22H27F3O4/c1-4-17(26)13-28-18-9-5-15(6-10-18)21(2,3)16-7-11-19(12-8-16)29-14-20(27)22(23,24)25/h5-12,17,20,26-27H,4,13-14H2,1-3H3. The van der Waals surface area contributed by atoms with E-state index in [9.17, 15) is 18.3 Å². The summed E-state index contributed by atoms with van der Waals surface area (Å²) in [4.78, 5) is 0. The number of benzene rings is 2. The lowest BCUT2D eigenvalue weighted by Crippen LogP contribution is -2.34. The van der Waals surface area contributed by atoms with E-state index in [2.05, 4.69) is 0 Å². The highest BCUT2D eigenvalue weighted by Crippen LogP contribution is 2.33. The maximum Gasteiger partial charge on any atom is 0.417 e. The number of halogens is 3. The van der Waals surface area contributed by atoms with Gasteiger partial charge in [0.25, 0.3) is 0 Å². The van der Waals surface area contributed by atoms with Crippen LogP contribution in [0.2, 0.25) is 0 Å². The van der Waals surface area contributed by atoms with Crippen LogP contribution in [0.5, 0.6) is 11.5 Å². The zero-order valence-electron chi connectivity index (χ0n) is 16.7. The highest BCUT2D eigenvalue weighted by atomic mass is 19.4. The van der Waals surface area contributed by atoms with Gasteiger partial charge in [-0.25, -0.2) is 0 Å². The van der Waals surface area contributed by atoms with Crippen molar-refractivity contribution in [2.24, 2.45) is 0 Å². The zero-order chi connectivity index (χ0) is 21.7. The summed E-state index contributed by atoms with van der Waals surface area (Å²) in [5.74, 6) is 0.926. The first kappa shape index (κ1) is 23.0. The highest BCUT2D eigenvalue weighted by molar-refractivity contribution is 5.41. The fraction of sp³-hybridized carbons (Fsp3) is 0.455. The number of aliphatic hydroxyl groups excluding tert-OH is 2. The van der Waals surface area contributed by atoms with Crippen LogP contribution in [0.3, 0.4) is 0 Å². The van der Waals surface area contributed by atoms with Crippen LogP contribution in [0.25, 0.3) is 0 Å². The van der Waals surface area contributed by atoms with E-state index in [4.69, 9.17) is 14.6 Å². The van der Waals surface area contributed by atoms with Gasteiger partial charge in [-0.3, -0.25) is 0 Å². The van der Waals surface area contributed by atoms with Gasteiger partial charge >= 0.3 is 6.18 Å². The Hall–Kier alpha value is -2.25. The second-order valence-electron chi connectivity index (χ2n) is 7.42. The summed E-state index contributed by atoms with van der Waals surface area (Å²) in [7, 11) is 0. The average Bonchev–Trinajstić information content (AvgIpc) is 2.70. The lowest BCUT2D eigenvalue weighted by atomic mass is 9.78. The summed E-state index contributed by atoms with van der Waals surface area (Å²) >= 11 is 0. The Morgan fingerprint density at radius 2 is 1.21 bits per heavy atom. The van der Waals surface area contributed by atoms with Gasteiger partial charge in [0.15, 0.2) is 6.10 Å². The van der Waals surface area contributed by atoms with E-state index in [1.807, 2.05) is 45.0 Å². The molecule has 2 rings (SSSR count). The van der Waals surface area contributed by atoms with E-state index in [0.717, 1.165) is 11.1 Å². The van der Waals surface area contributed by atoms with Crippen molar-refractivity contribution in [3.8, 4) is 11.5 Å². The summed E-state index contributed by atoms with van der Waals surface area (Å²) in [6.07, 6.45) is -7.09. The van der Waals surface area contributed by atoms with Crippen LogP contribution in [-0.2, 0) is 5.41 Å². The smallest absolute Gasteiger partial charge is 0.417 e. The highest BCUT2D eigenvalue weighted by Gasteiger charge is 2.38. The van der Waals surface area contributed by atoms with Gasteiger partial charge in [-0.2, -0.15) is 13.2 Å². The van der Waals surface area contributed by atoms with E-state index in [1.54, 1.807) is 24.3 Å². The molecule has 0 saturated heterocycles. The molecule has 0 saturated carbocycles. The first-order chi connectivity index (χ1) is 13.5. The molecule has 0 amide bonds. The Balaban J connectivity index is 2.03. The molecule has 29 heavy (non-hydrogen) atoms. The first-order valence-electron chi connectivity index (χ1n) is 9.43. The number of hydrogen-bond donors (Lipinski definition) is 2. The molecule has 0 aliphatic carbocycles. The average molecular weight is 412 g/mol. The molecule has 2 aromatic carbocycles. The van der Waals surface area contributed by atoms with Gasteiger partial charge in [0, 0.05) is 5.41 Å². The van der Waals surface area contributed by atoms with Crippen LogP contribution in [0.4, 0.5) is 13.2 Å². The van der Waals surface area contributed by atoms with Crippen molar-refractivity contribution >= 4 is 0 Å². The summed E-state index contributed by atoms with van der Waals surface area (Å²) in [5, 5.41) is 18.6. The van der Waals surface area contributed by atoms with Crippen LogP contribution >= 0.6 is 0 Å². The zero-order valence-corrected chi connectivity index (χ0v) is 16.7. The van der Waals surface area contributed by atoms with Gasteiger partial charge in [-0.15, -0.1) is 0 Å². The van der Waals surface area contributed by atoms with Crippen LogP contribution in [0.15, 0.2) is 48.5 Å². The molecule has 4 nitrogen and oxygen atoms in total. The predicted molar refractivity (Wildman–Crippen MR) is 104 cm³/mol. The van der Waals surface area contributed by atoms with Gasteiger partial charge in [-0.05, 0) is 41.8 Å². The molecular weight excluding hydrogens is 385 g/mol. The lowest BCUT2D eigenvalue weighted by molar-refractivity contribution is -0.210. The number of hydrogen-bond acceptors (Lipinski definition) is 4. The third-order valence-electron chi connectivity index (χ3n) is 4.85. The van der Waals surface area contributed by atoms with Crippen molar-refractivity contribution in [1.29, 1.82) is 0 Å². The molecule has 160 valence electrons. The fourth-order valence-corrected chi connectivity index (χ4v) is 2.68. The molecule has 0 bridgehead atoms. The molecule has 0 aliphatic rings. The molecule has 0 fully saturated rings. The summed E-state index contributed by atoms with van der Waals surface area (Å²) in [6, 6.07) is 14.3. The topological polar surface area (TPSA) is 58.9 Å². The minimum absolute atomic E-state index is 0.240. The molecule has 7 heteroatoms. The Morgan fingerprint density at radius 3 is 1.59 bits per heavy atom. The molecular formula is C22H27F3O4. The summed E-state index contributed by atoms with van der Waals surface area (Å²) < 4.78 is 47.6. The van der Waals surface area contributed by atoms with Crippen LogP contribution < -0.4 is 9.47 Å². The minimum atomic E-state index is -4.70. The molecule has 0 spiro atoms. The van der Waals surface area contributed by atoms with Crippen molar-refractivity contribution in [1.82, 2.24) is 0 Å². The van der Waals surface area contributed by atoms with Gasteiger partial charge in [0.05, 0.1) is 6.10 Å². The van der Waals surface area contributed by atoms with E-state index >= 15 is 0 Å². The molecule has 0 radical (unpaired) electrons. The second kappa shape index (κ2) is 9.50. The first-order valence-corrected chi connectivity index (χ1v) is 9.43. The third kappa shape index (κ3) is 6.37. The molecule has 0 aliphatic heterocycles. The maximum atomic E-state index is 12.3. The number of ether oxygens (including phenoxy) is 2. The Labute approximate surface area is 168 Å². The number of alkyl halides is 3. The summed E-state index contributed by atoms with van der Waals surface area (Å²) in [5.41, 5.74) is 1.63. The molecule has 2 aromatic rings. The maximum absolute atomic E-state index is 12.3. The van der Waals surface area contributed by atoms with Crippen LogP contribution in [-0.4, -0.2) is 41.8 Å². The molecule has 2 unspecified atom stereocenters. The Kier molecular flexibility index (Phi) is 7.54.